The van der Waals surface area contributed by atoms with Crippen molar-refractivity contribution in [3.63, 3.8) is 0 Å². The Balaban J connectivity index is 0.00000300. The van der Waals surface area contributed by atoms with E-state index < -0.39 is 10.0 Å². The van der Waals surface area contributed by atoms with E-state index in [0.717, 1.165) is 36.3 Å². The Kier molecular flexibility index (Phi) is 8.72. The van der Waals surface area contributed by atoms with Crippen LogP contribution < -0.4 is 15.8 Å². The molecule has 0 atom stereocenters. The summed E-state index contributed by atoms with van der Waals surface area (Å²) in [5.74, 6) is 1.02. The Labute approximate surface area is 189 Å². The predicted octanol–water partition coefficient (Wildman–Crippen LogP) is 3.41. The zero-order valence-corrected chi connectivity index (χ0v) is 19.5. The predicted molar refractivity (Wildman–Crippen MR) is 126 cm³/mol. The highest BCUT2D eigenvalue weighted by atomic mass is 127. The second-order valence-electron chi connectivity index (χ2n) is 6.67. The van der Waals surface area contributed by atoms with Crippen molar-refractivity contribution < 1.29 is 13.2 Å². The molecule has 1 saturated heterocycles. The van der Waals surface area contributed by atoms with Gasteiger partial charge >= 0.3 is 0 Å². The molecule has 9 heteroatoms. The SMILES string of the molecule is COc1ccc(NC(N)=NCc2cccc(S(=O)(=O)N3CCCCC3)c2)cc1.I. The molecule has 0 spiro atoms. The zero-order valence-electron chi connectivity index (χ0n) is 16.4. The number of rotatable bonds is 6. The van der Waals surface area contributed by atoms with E-state index in [1.54, 1.807) is 29.6 Å². The third-order valence-electron chi connectivity index (χ3n) is 4.65. The molecule has 0 bridgehead atoms. The normalized spacial score (nSPS) is 15.4. The molecule has 3 rings (SSSR count). The lowest BCUT2D eigenvalue weighted by Gasteiger charge is -2.26. The van der Waals surface area contributed by atoms with Crippen LogP contribution in [0.15, 0.2) is 58.4 Å². The van der Waals surface area contributed by atoms with Crippen molar-refractivity contribution in [1.82, 2.24) is 4.31 Å². The summed E-state index contributed by atoms with van der Waals surface area (Å²) in [5, 5.41) is 3.01. The third-order valence-corrected chi connectivity index (χ3v) is 6.54. The van der Waals surface area contributed by atoms with E-state index in [1.807, 2.05) is 30.3 Å². The quantitative estimate of drug-likeness (QED) is 0.339. The molecule has 0 radical (unpaired) electrons. The zero-order chi connectivity index (χ0) is 20.0. The molecule has 158 valence electrons. The van der Waals surface area contributed by atoms with Crippen LogP contribution in [0.3, 0.4) is 0 Å². The minimum atomic E-state index is -3.45. The Morgan fingerprint density at radius 1 is 1.14 bits per heavy atom. The van der Waals surface area contributed by atoms with Gasteiger partial charge in [-0.15, -0.1) is 24.0 Å². The topological polar surface area (TPSA) is 97.0 Å². The van der Waals surface area contributed by atoms with Gasteiger partial charge in [0, 0.05) is 18.8 Å². The summed E-state index contributed by atoms with van der Waals surface area (Å²) in [6.45, 7) is 1.46. The molecule has 1 aliphatic heterocycles. The molecule has 0 aliphatic carbocycles. The van der Waals surface area contributed by atoms with Gasteiger partial charge in [0.2, 0.25) is 10.0 Å². The maximum atomic E-state index is 12.8. The fraction of sp³-hybridized carbons (Fsp3) is 0.350. The number of halogens is 1. The number of guanidine groups is 1. The van der Waals surface area contributed by atoms with Crippen LogP contribution in [0.25, 0.3) is 0 Å². The summed E-state index contributed by atoms with van der Waals surface area (Å²) in [6, 6.07) is 14.2. The van der Waals surface area contributed by atoms with Gasteiger partial charge in [-0.25, -0.2) is 13.4 Å². The highest BCUT2D eigenvalue weighted by Crippen LogP contribution is 2.21. The Morgan fingerprint density at radius 2 is 1.83 bits per heavy atom. The molecule has 2 aromatic carbocycles. The van der Waals surface area contributed by atoms with E-state index in [2.05, 4.69) is 10.3 Å². The number of nitrogens with two attached hydrogens (primary N) is 1. The van der Waals surface area contributed by atoms with Gasteiger partial charge in [0.25, 0.3) is 0 Å². The largest absolute Gasteiger partial charge is 0.497 e. The van der Waals surface area contributed by atoms with E-state index in [-0.39, 0.29) is 29.9 Å². The van der Waals surface area contributed by atoms with Crippen LogP contribution in [-0.4, -0.2) is 38.9 Å². The van der Waals surface area contributed by atoms with Gasteiger partial charge in [-0.2, -0.15) is 4.31 Å². The van der Waals surface area contributed by atoms with Gasteiger partial charge in [-0.1, -0.05) is 18.6 Å². The van der Waals surface area contributed by atoms with Crippen molar-refractivity contribution in [3.05, 3.63) is 54.1 Å². The molecule has 29 heavy (non-hydrogen) atoms. The minimum Gasteiger partial charge on any atom is -0.497 e. The van der Waals surface area contributed by atoms with E-state index >= 15 is 0 Å². The average molecular weight is 530 g/mol. The Bertz CT molecular complexity index is 927. The van der Waals surface area contributed by atoms with Gasteiger partial charge in [-0.3, -0.25) is 0 Å². The number of hydrogen-bond donors (Lipinski definition) is 2. The summed E-state index contributed by atoms with van der Waals surface area (Å²) in [4.78, 5) is 4.62. The number of benzene rings is 2. The number of aliphatic imine (C=N–C) groups is 1. The summed E-state index contributed by atoms with van der Waals surface area (Å²) in [5.41, 5.74) is 7.53. The first kappa shape index (κ1) is 23.4. The minimum absolute atomic E-state index is 0. The first-order valence-electron chi connectivity index (χ1n) is 9.29. The first-order chi connectivity index (χ1) is 13.5. The molecule has 0 aromatic heterocycles. The van der Waals surface area contributed by atoms with Crippen LogP contribution >= 0.6 is 24.0 Å². The first-order valence-corrected chi connectivity index (χ1v) is 10.7. The molecule has 0 unspecified atom stereocenters. The van der Waals surface area contributed by atoms with Gasteiger partial charge in [0.1, 0.15) is 5.75 Å². The van der Waals surface area contributed by atoms with Crippen molar-refractivity contribution in [1.29, 1.82) is 0 Å². The van der Waals surface area contributed by atoms with Gasteiger partial charge < -0.3 is 15.8 Å². The number of piperidine rings is 1. The van der Waals surface area contributed by atoms with E-state index in [4.69, 9.17) is 10.5 Å². The van der Waals surface area contributed by atoms with Gasteiger partial charge in [-0.05, 0) is 54.8 Å². The molecule has 1 aliphatic rings. The van der Waals surface area contributed by atoms with E-state index in [0.29, 0.717) is 24.5 Å². The smallest absolute Gasteiger partial charge is 0.243 e. The molecular weight excluding hydrogens is 503 g/mol. The Morgan fingerprint density at radius 3 is 2.48 bits per heavy atom. The van der Waals surface area contributed by atoms with Crippen LogP contribution in [-0.2, 0) is 16.6 Å². The summed E-state index contributed by atoms with van der Waals surface area (Å²) in [7, 11) is -1.84. The number of methoxy groups -OCH3 is 1. The second-order valence-corrected chi connectivity index (χ2v) is 8.61. The molecular formula is C20H27IN4O3S. The number of hydrogen-bond acceptors (Lipinski definition) is 4. The number of ether oxygens (including phenoxy) is 1. The molecule has 1 fully saturated rings. The molecule has 0 saturated carbocycles. The molecule has 1 heterocycles. The van der Waals surface area contributed by atoms with Crippen LogP contribution in [0.4, 0.5) is 5.69 Å². The van der Waals surface area contributed by atoms with Gasteiger partial charge in [0.15, 0.2) is 5.96 Å². The van der Waals surface area contributed by atoms with Gasteiger partial charge in [0.05, 0.1) is 18.6 Å². The standard InChI is InChI=1S/C20H26N4O3S.HI/c1-27-18-10-8-17(9-11-18)23-20(21)22-15-16-6-5-7-19(14-16)28(25,26)24-12-3-2-4-13-24;/h5-11,14H,2-4,12-13,15H2,1H3,(H3,21,22,23);1H. The van der Waals surface area contributed by atoms with Crippen LogP contribution in [0, 0.1) is 0 Å². The fourth-order valence-electron chi connectivity index (χ4n) is 3.10. The maximum absolute atomic E-state index is 12.8. The van der Waals surface area contributed by atoms with Crippen LogP contribution in [0.1, 0.15) is 24.8 Å². The van der Waals surface area contributed by atoms with Crippen molar-refractivity contribution >= 4 is 45.6 Å². The van der Waals surface area contributed by atoms with E-state index in [9.17, 15) is 8.42 Å². The Hall–Kier alpha value is -1.85. The number of anilines is 1. The summed E-state index contributed by atoms with van der Waals surface area (Å²) < 4.78 is 32.3. The van der Waals surface area contributed by atoms with E-state index in [1.165, 1.54) is 0 Å². The third kappa shape index (κ3) is 6.31. The van der Waals surface area contributed by atoms with Crippen molar-refractivity contribution in [2.24, 2.45) is 10.7 Å². The van der Waals surface area contributed by atoms with Crippen LogP contribution in [0.5, 0.6) is 5.75 Å². The second kappa shape index (κ2) is 10.8. The molecule has 3 N–H and O–H groups in total. The average Bonchev–Trinajstić information content (AvgIpc) is 2.74. The highest BCUT2D eigenvalue weighted by molar-refractivity contribution is 14.0. The number of nitrogens with one attached hydrogen (secondary N) is 1. The molecule has 0 amide bonds. The lowest BCUT2D eigenvalue weighted by atomic mass is 10.2. The number of sulfonamides is 1. The summed E-state index contributed by atoms with van der Waals surface area (Å²) in [6.07, 6.45) is 2.91. The number of nitrogens with zero attached hydrogens (tertiary/aromatic N) is 2. The maximum Gasteiger partial charge on any atom is 0.243 e. The van der Waals surface area contributed by atoms with Crippen LogP contribution in [0.2, 0.25) is 0 Å². The lowest BCUT2D eigenvalue weighted by molar-refractivity contribution is 0.346. The molecule has 2 aromatic rings. The van der Waals surface area contributed by atoms with Crippen molar-refractivity contribution in [2.45, 2.75) is 30.7 Å². The monoisotopic (exact) mass is 530 g/mol. The lowest BCUT2D eigenvalue weighted by Crippen LogP contribution is -2.35. The summed E-state index contributed by atoms with van der Waals surface area (Å²) >= 11 is 0. The highest BCUT2D eigenvalue weighted by Gasteiger charge is 2.25. The molecule has 7 nitrogen and oxygen atoms in total. The van der Waals surface area contributed by atoms with Crippen molar-refractivity contribution in [2.75, 3.05) is 25.5 Å². The fourth-order valence-corrected chi connectivity index (χ4v) is 4.68. The van der Waals surface area contributed by atoms with Crippen molar-refractivity contribution in [3.8, 4) is 5.75 Å².